The minimum atomic E-state index is -0.240. The van der Waals surface area contributed by atoms with E-state index in [0.29, 0.717) is 32.1 Å². The maximum atomic E-state index is 13.0. The van der Waals surface area contributed by atoms with E-state index >= 15 is 0 Å². The maximum absolute atomic E-state index is 13.0. The van der Waals surface area contributed by atoms with Crippen molar-refractivity contribution in [1.82, 2.24) is 29.5 Å². The molecule has 0 bridgehead atoms. The van der Waals surface area contributed by atoms with Gasteiger partial charge < -0.3 is 63.9 Å². The summed E-state index contributed by atoms with van der Waals surface area (Å²) >= 11 is 0. The van der Waals surface area contributed by atoms with Crippen molar-refractivity contribution in [3.8, 4) is 11.1 Å². The number of hydrogen-bond acceptors (Lipinski definition) is 5. The van der Waals surface area contributed by atoms with E-state index in [-0.39, 0.29) is 41.5 Å². The Hall–Kier alpha value is -9.33. The van der Waals surface area contributed by atoms with Crippen molar-refractivity contribution in [2.24, 2.45) is 0 Å². The number of aromatic nitrogens is 1. The summed E-state index contributed by atoms with van der Waals surface area (Å²) in [6, 6.07) is 71.8. The second-order valence-corrected chi connectivity index (χ2v) is 29.2. The lowest BCUT2D eigenvalue weighted by Gasteiger charge is -2.25. The average Bonchev–Trinajstić information content (AvgIpc) is 1.44. The number of carbonyl (C=O) groups excluding carboxylic acids is 5. The third-order valence-electron chi connectivity index (χ3n) is 20.1. The molecule has 1 heterocycles. The van der Waals surface area contributed by atoms with Crippen molar-refractivity contribution in [1.29, 1.82) is 0 Å². The third-order valence-corrected chi connectivity index (χ3v) is 20.1. The minimum Gasteiger partial charge on any atom is -0.361 e. The van der Waals surface area contributed by atoms with Gasteiger partial charge in [-0.25, -0.2) is 0 Å². The summed E-state index contributed by atoms with van der Waals surface area (Å²) < 4.78 is 0. The molecule has 0 fully saturated rings. The Morgan fingerprint density at radius 2 is 0.679 bits per heavy atom. The summed E-state index contributed by atoms with van der Waals surface area (Å²) in [5, 5.41) is 3.57. The molecule has 0 saturated heterocycles. The van der Waals surface area contributed by atoms with Crippen LogP contribution in [0.3, 0.4) is 0 Å². The van der Waals surface area contributed by atoms with E-state index in [1.54, 1.807) is 0 Å². The van der Waals surface area contributed by atoms with Crippen molar-refractivity contribution < 1.29 is 58.4 Å². The molecule has 0 saturated carbocycles. The van der Waals surface area contributed by atoms with Crippen LogP contribution in [0.2, 0.25) is 0 Å². The number of carbonyl (C=O) groups is 5. The van der Waals surface area contributed by atoms with Crippen LogP contribution in [0.4, 0.5) is 0 Å². The molecule has 17 heteroatoms. The van der Waals surface area contributed by atoms with Crippen LogP contribution in [0.15, 0.2) is 219 Å². The molecule has 9 aromatic rings. The second-order valence-electron chi connectivity index (χ2n) is 29.2. The summed E-state index contributed by atoms with van der Waals surface area (Å²) in [6.07, 6.45) is 20.4. The van der Waals surface area contributed by atoms with Gasteiger partial charge in [-0.05, 0) is 93.5 Å². The molecule has 0 spiro atoms. The normalized spacial score (nSPS) is 11.0. The highest BCUT2D eigenvalue weighted by Gasteiger charge is 2.26. The number of H-pyrrole nitrogens is 1. The van der Waals surface area contributed by atoms with Crippen molar-refractivity contribution in [3.05, 3.63) is 252 Å². The van der Waals surface area contributed by atoms with Crippen molar-refractivity contribution >= 4 is 51.2 Å². The van der Waals surface area contributed by atoms with Crippen molar-refractivity contribution in [2.75, 3.05) is 98.2 Å². The van der Waals surface area contributed by atoms with Gasteiger partial charge in [0, 0.05) is 133 Å². The number of para-hydroxylation sites is 1. The molecule has 1 atom stereocenters. The molecule has 0 aliphatic rings. The molecule has 606 valence electrons. The molecule has 0 unspecified atom stereocenters. The zero-order valence-corrected chi connectivity index (χ0v) is 69.2. The van der Waals surface area contributed by atoms with Crippen molar-refractivity contribution in [3.63, 3.8) is 0 Å². The quantitative estimate of drug-likeness (QED) is 0.0196. The first-order valence-corrected chi connectivity index (χ1v) is 42.2. The second kappa shape index (κ2) is 56.8. The molecule has 9 rings (SSSR count). The SMILES string of the molecule is CCCCN(CCC[NH3+])C(=O)CC(c1ccccc1)c1ccccc1.CCCCN(CCC[NH3+])C(=O)Cc1ccc(-c2ccccc2)cc1.CCCCN(CCC[NH3+])C(=O)Cc1cccc2ccccc12.CCCCN(CCC[NH3+])C(=O)Cc1ccccc1.CCCCN(CCC[NH3+])C(=O)[C@@H]([NH3+])Cc1c[nH]c2ccccc12. The molecule has 8 aromatic carbocycles. The summed E-state index contributed by atoms with van der Waals surface area (Å²) in [6.45, 7) is 23.6. The first-order valence-electron chi connectivity index (χ1n) is 42.2. The third kappa shape index (κ3) is 34.7. The number of rotatable bonds is 44. The Balaban J connectivity index is 0.000000251. The summed E-state index contributed by atoms with van der Waals surface area (Å²) in [5.74, 6) is 1.22. The van der Waals surface area contributed by atoms with E-state index in [1.807, 2.05) is 146 Å². The van der Waals surface area contributed by atoms with Crippen LogP contribution in [0.5, 0.6) is 0 Å². The monoisotopic (exact) mass is 1530 g/mol. The topological polar surface area (TPSA) is 283 Å². The van der Waals surface area contributed by atoms with Gasteiger partial charge in [-0.3, -0.25) is 24.0 Å². The smallest absolute Gasteiger partial charge is 0.281 e. The number of nitrogens with zero attached hydrogens (tertiary/aromatic N) is 5. The number of quaternary nitrogens is 6. The van der Waals surface area contributed by atoms with E-state index in [2.05, 4.69) is 171 Å². The Kier molecular flexibility index (Phi) is 47.3. The Morgan fingerprint density at radius 3 is 1.13 bits per heavy atom. The lowest BCUT2D eigenvalue weighted by atomic mass is 9.88. The van der Waals surface area contributed by atoms with Gasteiger partial charge in [0.15, 0.2) is 6.04 Å². The molecule has 0 radical (unpaired) electrons. The lowest BCUT2D eigenvalue weighted by Crippen LogP contribution is -2.69. The predicted octanol–water partition coefficient (Wildman–Crippen LogP) is 11.3. The van der Waals surface area contributed by atoms with Gasteiger partial charge >= 0.3 is 0 Å². The molecule has 0 aliphatic carbocycles. The number of aromatic amines is 1. The zero-order chi connectivity index (χ0) is 80.8. The lowest BCUT2D eigenvalue weighted by molar-refractivity contribution is -0.405. The fourth-order valence-corrected chi connectivity index (χ4v) is 13.4. The van der Waals surface area contributed by atoms with Crippen LogP contribution in [0.1, 0.15) is 177 Å². The molecular weight excluding hydrogens is 1390 g/mol. The number of benzene rings is 8. The maximum Gasteiger partial charge on any atom is 0.281 e. The Labute approximate surface area is 671 Å². The number of fused-ring (bicyclic) bond motifs is 2. The predicted molar refractivity (Wildman–Crippen MR) is 461 cm³/mol. The molecule has 5 amide bonds. The average molecular weight is 1530 g/mol. The summed E-state index contributed by atoms with van der Waals surface area (Å²) in [5.41, 5.74) is 33.9. The van der Waals surface area contributed by atoms with Crippen LogP contribution in [-0.4, -0.2) is 163 Å². The number of amides is 5. The van der Waals surface area contributed by atoms with E-state index in [9.17, 15) is 24.0 Å². The number of hydrogen-bond donors (Lipinski definition) is 7. The van der Waals surface area contributed by atoms with Crippen LogP contribution in [0.25, 0.3) is 32.8 Å². The molecule has 0 aliphatic heterocycles. The van der Waals surface area contributed by atoms with Gasteiger partial charge in [0.05, 0.1) is 52.0 Å². The Morgan fingerprint density at radius 1 is 0.330 bits per heavy atom. The van der Waals surface area contributed by atoms with E-state index in [0.717, 1.165) is 217 Å². The molecule has 17 nitrogen and oxygen atoms in total. The minimum absolute atomic E-state index is 0.110. The highest BCUT2D eigenvalue weighted by molar-refractivity contribution is 5.90. The number of nitrogens with one attached hydrogen (secondary N) is 1. The van der Waals surface area contributed by atoms with Gasteiger partial charge in [0.1, 0.15) is 0 Å². The largest absolute Gasteiger partial charge is 0.361 e. The first kappa shape index (κ1) is 93.3. The first-order chi connectivity index (χ1) is 54.7. The highest BCUT2D eigenvalue weighted by Crippen LogP contribution is 2.29. The van der Waals surface area contributed by atoms with Crippen LogP contribution in [0, 0.1) is 0 Å². The molecule has 112 heavy (non-hydrogen) atoms. The van der Waals surface area contributed by atoms with Gasteiger partial charge in [0.2, 0.25) is 23.6 Å². The van der Waals surface area contributed by atoms with Crippen LogP contribution < -0.4 is 34.4 Å². The van der Waals surface area contributed by atoms with E-state index < -0.39 is 0 Å². The van der Waals surface area contributed by atoms with E-state index in [1.165, 1.54) is 44.0 Å². The van der Waals surface area contributed by atoms with Crippen LogP contribution >= 0.6 is 0 Å². The van der Waals surface area contributed by atoms with Crippen molar-refractivity contribution in [2.45, 2.75) is 175 Å². The fraction of sp³-hybridized carbons (Fsp3) is 0.442. The van der Waals surface area contributed by atoms with Gasteiger partial charge in [-0.2, -0.15) is 0 Å². The highest BCUT2D eigenvalue weighted by atomic mass is 16.2. The summed E-state index contributed by atoms with van der Waals surface area (Å²) in [4.78, 5) is 76.5. The van der Waals surface area contributed by atoms with Gasteiger partial charge in [-0.15, -0.1) is 0 Å². The Bertz CT molecular complexity index is 3890. The van der Waals surface area contributed by atoms with E-state index in [4.69, 9.17) is 0 Å². The summed E-state index contributed by atoms with van der Waals surface area (Å²) in [7, 11) is 0. The van der Waals surface area contributed by atoms with Gasteiger partial charge in [-0.1, -0.05) is 273 Å². The standard InChI is InChI=1S/C22H30N2O.C21H28N2O.C19H26N2O.C18H28N4O.C15H24N2O/c1-2-3-16-24(17-10-15-23)22(25)18-21(19-11-6-4-7-12-19)20-13-8-5-9-14-20;1-2-3-15-23(16-7-14-22)21(24)17-18-10-12-20(13-11-18)19-8-5-4-6-9-19;1-2-3-13-21(14-7-12-20)19(22)15-17-10-6-9-16-8-4-5-11-18(16)17;1-2-3-10-22(11-6-9-19)18(23)16(20)12-14-13-21-17-8-5-4-7-15(14)17;1-2-3-11-17(12-7-10-16)15(18)13-14-8-5-4-6-9-14/h4-9,11-14,21H,2-3,10,15-18,23H2,1H3;4-6,8-13H,2-3,7,14-17,22H2,1H3;4-6,8-11H,2-3,7,12-15,20H2,1H3;4-5,7-8,13,16,21H,2-3,6,9-12,19-20H2,1H3;4-6,8-9H,2-3,7,10-13,16H2,1H3/p+6/t;;;16-;/m...0./s1. The van der Waals surface area contributed by atoms with Gasteiger partial charge in [0.25, 0.3) is 5.91 Å². The van der Waals surface area contributed by atoms with Crippen LogP contribution in [-0.2, 0) is 49.7 Å². The molecule has 19 N–H and O–H groups in total. The zero-order valence-electron chi connectivity index (χ0n) is 69.2. The molecule has 1 aromatic heterocycles. The molecular formula is C95H142N12O5+6. The number of unbranched alkanes of at least 4 members (excludes halogenated alkanes) is 5. The fourth-order valence-electron chi connectivity index (χ4n) is 13.4.